The number of aromatic carboxylic acids is 2. The van der Waals surface area contributed by atoms with Gasteiger partial charge >= 0.3 is 11.9 Å². The zero-order chi connectivity index (χ0) is 15.4. The highest BCUT2D eigenvalue weighted by atomic mass is 16.4. The van der Waals surface area contributed by atoms with Crippen LogP contribution in [0.5, 0.6) is 5.75 Å². The predicted molar refractivity (Wildman–Crippen MR) is 75.7 cm³/mol. The van der Waals surface area contributed by atoms with Gasteiger partial charge in [-0.05, 0) is 35.9 Å². The largest absolute Gasteiger partial charge is 0.506 e. The molecular weight excluding hydrogens is 274 g/mol. The number of hydrogen-bond acceptors (Lipinski definition) is 4. The van der Waals surface area contributed by atoms with E-state index < -0.39 is 11.9 Å². The Balaban J connectivity index is 2.21. The summed E-state index contributed by atoms with van der Waals surface area (Å²) in [4.78, 5) is 25.5. The van der Waals surface area contributed by atoms with Crippen molar-refractivity contribution in [3.8, 4) is 5.75 Å². The van der Waals surface area contributed by atoms with Crippen molar-refractivity contribution in [2.75, 3.05) is 0 Å². The van der Waals surface area contributed by atoms with Crippen LogP contribution < -0.4 is 0 Å². The summed E-state index contributed by atoms with van der Waals surface area (Å²) in [5.74, 6) is -2.39. The number of carbonyl (C=O) groups is 2. The summed E-state index contributed by atoms with van der Waals surface area (Å²) in [6.07, 6.45) is 1.45. The van der Waals surface area contributed by atoms with Gasteiger partial charge in [0.2, 0.25) is 0 Å². The van der Waals surface area contributed by atoms with Gasteiger partial charge in [0, 0.05) is 6.21 Å². The smallest absolute Gasteiger partial charge is 0.335 e. The maximum atomic E-state index is 10.7. The molecule has 21 heavy (non-hydrogen) atoms. The number of aliphatic imine (C=N–C) groups is 1. The molecule has 106 valence electrons. The highest BCUT2D eigenvalue weighted by Gasteiger charge is 2.06. The topological polar surface area (TPSA) is 107 Å². The lowest BCUT2D eigenvalue weighted by Gasteiger charge is -2.00. The summed E-state index contributed by atoms with van der Waals surface area (Å²) in [7, 11) is 0. The Hall–Kier alpha value is -3.15. The third kappa shape index (κ3) is 3.44. The number of hydrogen-bond donors (Lipinski definition) is 3. The molecule has 0 fully saturated rings. The third-order valence-electron chi connectivity index (χ3n) is 2.73. The lowest BCUT2D eigenvalue weighted by atomic mass is 10.1. The molecule has 0 radical (unpaired) electrons. The molecular formula is C15H11NO5. The Morgan fingerprint density at radius 3 is 2.00 bits per heavy atom. The number of phenolic OH excluding ortho intramolecular Hbond substituents is 1. The number of aromatic hydroxyl groups is 1. The Kier molecular flexibility index (Phi) is 3.99. The molecule has 0 aromatic heterocycles. The standard InChI is InChI=1S/C15H11NO5/c17-13-7-11(15(20)21)5-6-12(13)16-8-9-1-3-10(4-2-9)14(18)19/h1-8,17H,(H,18,19)(H,20,21). The van der Waals surface area contributed by atoms with E-state index in [4.69, 9.17) is 10.2 Å². The number of benzene rings is 2. The first-order valence-corrected chi connectivity index (χ1v) is 5.91. The zero-order valence-corrected chi connectivity index (χ0v) is 10.7. The molecule has 2 aromatic carbocycles. The van der Waals surface area contributed by atoms with Crippen LogP contribution in [0.25, 0.3) is 0 Å². The van der Waals surface area contributed by atoms with Crippen molar-refractivity contribution in [3.05, 3.63) is 59.2 Å². The van der Waals surface area contributed by atoms with Crippen molar-refractivity contribution in [1.29, 1.82) is 0 Å². The van der Waals surface area contributed by atoms with Crippen LogP contribution in [0.3, 0.4) is 0 Å². The van der Waals surface area contributed by atoms with Crippen LogP contribution in [0.1, 0.15) is 26.3 Å². The van der Waals surface area contributed by atoms with Gasteiger partial charge in [-0.3, -0.25) is 4.99 Å². The van der Waals surface area contributed by atoms with Crippen molar-refractivity contribution >= 4 is 23.8 Å². The second kappa shape index (κ2) is 5.87. The van der Waals surface area contributed by atoms with E-state index in [1.807, 2.05) is 0 Å². The molecule has 6 heteroatoms. The first kappa shape index (κ1) is 14.3. The van der Waals surface area contributed by atoms with Gasteiger partial charge in [0.1, 0.15) is 11.4 Å². The molecule has 0 heterocycles. The van der Waals surface area contributed by atoms with E-state index in [0.29, 0.717) is 5.56 Å². The zero-order valence-electron chi connectivity index (χ0n) is 10.7. The van der Waals surface area contributed by atoms with Crippen LogP contribution in [-0.2, 0) is 0 Å². The SMILES string of the molecule is O=C(O)c1ccc(C=Nc2ccc(C(=O)O)cc2O)cc1. The molecule has 0 aliphatic carbocycles. The highest BCUT2D eigenvalue weighted by molar-refractivity contribution is 5.91. The minimum absolute atomic E-state index is 0.0303. The van der Waals surface area contributed by atoms with Crippen molar-refractivity contribution in [2.24, 2.45) is 4.99 Å². The van der Waals surface area contributed by atoms with Crippen LogP contribution in [0.15, 0.2) is 47.5 Å². The van der Waals surface area contributed by atoms with Gasteiger partial charge in [-0.25, -0.2) is 9.59 Å². The lowest BCUT2D eigenvalue weighted by Crippen LogP contribution is -1.95. The van der Waals surface area contributed by atoms with Gasteiger partial charge in [-0.15, -0.1) is 0 Å². The summed E-state index contributed by atoms with van der Waals surface area (Å²) in [5, 5.41) is 27.2. The first-order valence-electron chi connectivity index (χ1n) is 5.91. The van der Waals surface area contributed by atoms with Crippen LogP contribution in [0.2, 0.25) is 0 Å². The highest BCUT2D eigenvalue weighted by Crippen LogP contribution is 2.27. The molecule has 0 saturated carbocycles. The fraction of sp³-hybridized carbons (Fsp3) is 0. The molecule has 0 atom stereocenters. The molecule has 3 N–H and O–H groups in total. The summed E-state index contributed by atoms with van der Waals surface area (Å²) >= 11 is 0. The Bertz CT molecular complexity index is 719. The van der Waals surface area contributed by atoms with Crippen LogP contribution in [0, 0.1) is 0 Å². The summed E-state index contributed by atoms with van der Waals surface area (Å²) in [6.45, 7) is 0. The van der Waals surface area contributed by atoms with E-state index in [9.17, 15) is 14.7 Å². The van der Waals surface area contributed by atoms with E-state index in [0.717, 1.165) is 6.07 Å². The van der Waals surface area contributed by atoms with Gasteiger partial charge in [0.15, 0.2) is 0 Å². The van der Waals surface area contributed by atoms with Crippen LogP contribution in [-0.4, -0.2) is 33.5 Å². The molecule has 0 aliphatic heterocycles. The van der Waals surface area contributed by atoms with Crippen molar-refractivity contribution < 1.29 is 24.9 Å². The number of carboxylic acids is 2. The molecule has 0 bridgehead atoms. The number of phenols is 1. The monoisotopic (exact) mass is 285 g/mol. The minimum atomic E-state index is -1.13. The van der Waals surface area contributed by atoms with E-state index in [1.54, 1.807) is 12.1 Å². The van der Waals surface area contributed by atoms with Gasteiger partial charge in [-0.2, -0.15) is 0 Å². The van der Waals surface area contributed by atoms with Gasteiger partial charge < -0.3 is 15.3 Å². The average Bonchev–Trinajstić information content (AvgIpc) is 2.46. The van der Waals surface area contributed by atoms with Gasteiger partial charge in [0.05, 0.1) is 11.1 Å². The van der Waals surface area contributed by atoms with Crippen molar-refractivity contribution in [3.63, 3.8) is 0 Å². The first-order chi connectivity index (χ1) is 9.97. The quantitative estimate of drug-likeness (QED) is 0.748. The van der Waals surface area contributed by atoms with E-state index in [1.165, 1.54) is 30.5 Å². The Morgan fingerprint density at radius 2 is 1.48 bits per heavy atom. The van der Waals surface area contributed by atoms with Crippen LogP contribution >= 0.6 is 0 Å². The molecule has 2 aromatic rings. The number of rotatable bonds is 4. The molecule has 0 saturated heterocycles. The summed E-state index contributed by atoms with van der Waals surface area (Å²) < 4.78 is 0. The fourth-order valence-corrected chi connectivity index (χ4v) is 1.62. The molecule has 0 amide bonds. The predicted octanol–water partition coefficient (Wildman–Crippen LogP) is 2.54. The van der Waals surface area contributed by atoms with Crippen molar-refractivity contribution in [2.45, 2.75) is 0 Å². The third-order valence-corrected chi connectivity index (χ3v) is 2.73. The van der Waals surface area contributed by atoms with E-state index >= 15 is 0 Å². The Labute approximate surface area is 119 Å². The molecule has 6 nitrogen and oxygen atoms in total. The molecule has 2 rings (SSSR count). The summed E-state index contributed by atoms with van der Waals surface area (Å²) in [5.41, 5.74) is 1.02. The number of carboxylic acid groups (broad SMARTS) is 2. The van der Waals surface area contributed by atoms with E-state index in [2.05, 4.69) is 4.99 Å². The molecule has 0 aliphatic rings. The maximum Gasteiger partial charge on any atom is 0.335 e. The minimum Gasteiger partial charge on any atom is -0.506 e. The molecule has 0 spiro atoms. The summed E-state index contributed by atoms with van der Waals surface area (Å²) in [6, 6.07) is 9.88. The van der Waals surface area contributed by atoms with E-state index in [-0.39, 0.29) is 22.6 Å². The van der Waals surface area contributed by atoms with Crippen molar-refractivity contribution in [1.82, 2.24) is 0 Å². The maximum absolute atomic E-state index is 10.7. The lowest BCUT2D eigenvalue weighted by molar-refractivity contribution is 0.0686. The van der Waals surface area contributed by atoms with Gasteiger partial charge in [-0.1, -0.05) is 12.1 Å². The second-order valence-electron chi connectivity index (χ2n) is 4.19. The second-order valence-corrected chi connectivity index (χ2v) is 4.19. The fourth-order valence-electron chi connectivity index (χ4n) is 1.62. The normalized spacial score (nSPS) is 10.7. The average molecular weight is 285 g/mol. The van der Waals surface area contributed by atoms with Gasteiger partial charge in [0.25, 0.3) is 0 Å². The molecule has 0 unspecified atom stereocenters. The Morgan fingerprint density at radius 1 is 0.905 bits per heavy atom. The number of nitrogens with zero attached hydrogens (tertiary/aromatic N) is 1. The van der Waals surface area contributed by atoms with Crippen LogP contribution in [0.4, 0.5) is 5.69 Å².